The van der Waals surface area contributed by atoms with Crippen molar-refractivity contribution in [3.8, 4) is 5.75 Å². The van der Waals surface area contributed by atoms with E-state index < -0.39 is 0 Å². The van der Waals surface area contributed by atoms with Gasteiger partial charge in [0.1, 0.15) is 11.6 Å². The number of nitrogens with one attached hydrogen (secondary N) is 1. The van der Waals surface area contributed by atoms with E-state index in [1.54, 1.807) is 7.11 Å². The van der Waals surface area contributed by atoms with Gasteiger partial charge in [-0.2, -0.15) is 0 Å². The second-order valence-electron chi connectivity index (χ2n) is 6.47. The number of nitrogens with zero attached hydrogens (tertiary/aromatic N) is 3. The summed E-state index contributed by atoms with van der Waals surface area (Å²) in [6, 6.07) is 7.37. The Bertz CT molecular complexity index is 711. The maximum absolute atomic E-state index is 12.8. The highest BCUT2D eigenvalue weighted by molar-refractivity contribution is 5.97. The molecule has 6 nitrogen and oxygen atoms in total. The Morgan fingerprint density at radius 2 is 2.21 bits per heavy atom. The number of para-hydroxylation sites is 1. The third-order valence-electron chi connectivity index (χ3n) is 4.33. The Morgan fingerprint density at radius 3 is 2.96 bits per heavy atom. The maximum Gasteiger partial charge on any atom is 0.257 e. The Labute approximate surface area is 142 Å². The minimum absolute atomic E-state index is 0.0232. The van der Waals surface area contributed by atoms with Gasteiger partial charge in [0.15, 0.2) is 0 Å². The molecular weight excluding hydrogens is 304 g/mol. The zero-order valence-corrected chi connectivity index (χ0v) is 14.5. The SMILES string of the molecule is COc1ccccc1C(=O)N1CC[C@H](c2ncc(CN(C)C)[nH]2)C1. The fourth-order valence-electron chi connectivity index (χ4n) is 3.16. The maximum atomic E-state index is 12.8. The van der Waals surface area contributed by atoms with Crippen molar-refractivity contribution in [2.45, 2.75) is 18.9 Å². The average Bonchev–Trinajstić information content (AvgIpc) is 3.22. The number of H-pyrrole nitrogens is 1. The summed E-state index contributed by atoms with van der Waals surface area (Å²) in [5, 5.41) is 0. The third-order valence-corrected chi connectivity index (χ3v) is 4.33. The van der Waals surface area contributed by atoms with Gasteiger partial charge in [-0.05, 0) is 32.6 Å². The molecule has 1 aromatic heterocycles. The first-order valence-electron chi connectivity index (χ1n) is 8.19. The van der Waals surface area contributed by atoms with Gasteiger partial charge in [0.05, 0.1) is 12.7 Å². The number of aromatic amines is 1. The molecule has 0 aliphatic carbocycles. The summed E-state index contributed by atoms with van der Waals surface area (Å²) in [7, 11) is 5.65. The number of likely N-dealkylation sites (tertiary alicyclic amines) is 1. The second kappa shape index (κ2) is 7.05. The number of ether oxygens (including phenoxy) is 1. The number of hydrogen-bond donors (Lipinski definition) is 1. The number of rotatable bonds is 5. The molecule has 1 fully saturated rings. The topological polar surface area (TPSA) is 61.5 Å². The molecule has 0 spiro atoms. The molecule has 6 heteroatoms. The molecule has 24 heavy (non-hydrogen) atoms. The predicted molar refractivity (Wildman–Crippen MR) is 92.2 cm³/mol. The lowest BCUT2D eigenvalue weighted by Crippen LogP contribution is -2.28. The van der Waals surface area contributed by atoms with Crippen LogP contribution in [-0.2, 0) is 6.54 Å². The van der Waals surface area contributed by atoms with Crippen LogP contribution in [0.4, 0.5) is 0 Å². The number of hydrogen-bond acceptors (Lipinski definition) is 4. The van der Waals surface area contributed by atoms with E-state index in [4.69, 9.17) is 4.74 Å². The molecule has 1 saturated heterocycles. The predicted octanol–water partition coefficient (Wildman–Crippen LogP) is 2.11. The molecule has 0 saturated carbocycles. The Hall–Kier alpha value is -2.34. The van der Waals surface area contributed by atoms with E-state index in [1.165, 1.54) is 0 Å². The van der Waals surface area contributed by atoms with Crippen LogP contribution in [0, 0.1) is 0 Å². The van der Waals surface area contributed by atoms with E-state index in [0.29, 0.717) is 17.9 Å². The van der Waals surface area contributed by atoms with Gasteiger partial charge >= 0.3 is 0 Å². The second-order valence-corrected chi connectivity index (χ2v) is 6.47. The van der Waals surface area contributed by atoms with Crippen molar-refractivity contribution in [2.24, 2.45) is 0 Å². The van der Waals surface area contributed by atoms with Crippen LogP contribution in [0.5, 0.6) is 5.75 Å². The summed E-state index contributed by atoms with van der Waals surface area (Å²) in [6.45, 7) is 2.26. The number of amides is 1. The van der Waals surface area contributed by atoms with E-state index in [-0.39, 0.29) is 11.8 Å². The molecule has 0 radical (unpaired) electrons. The van der Waals surface area contributed by atoms with Crippen LogP contribution in [0.3, 0.4) is 0 Å². The van der Waals surface area contributed by atoms with Crippen molar-refractivity contribution in [3.05, 3.63) is 47.5 Å². The molecule has 1 aliphatic heterocycles. The molecule has 2 heterocycles. The summed E-state index contributed by atoms with van der Waals surface area (Å²) < 4.78 is 5.31. The zero-order chi connectivity index (χ0) is 17.1. The van der Waals surface area contributed by atoms with Crippen molar-refractivity contribution in [1.82, 2.24) is 19.8 Å². The lowest BCUT2D eigenvalue weighted by Gasteiger charge is -2.17. The highest BCUT2D eigenvalue weighted by Crippen LogP contribution is 2.28. The first-order chi connectivity index (χ1) is 11.6. The van der Waals surface area contributed by atoms with Gasteiger partial charge in [-0.15, -0.1) is 0 Å². The minimum Gasteiger partial charge on any atom is -0.496 e. The average molecular weight is 328 g/mol. The molecule has 3 rings (SSSR count). The van der Waals surface area contributed by atoms with Crippen LogP contribution in [0.1, 0.15) is 34.2 Å². The van der Waals surface area contributed by atoms with E-state index >= 15 is 0 Å². The van der Waals surface area contributed by atoms with Gasteiger partial charge in [-0.1, -0.05) is 12.1 Å². The molecule has 1 aliphatic rings. The summed E-state index contributed by atoms with van der Waals surface area (Å²) in [6.07, 6.45) is 2.82. The standard InChI is InChI=1S/C18H24N4O2/c1-21(2)12-14-10-19-17(20-14)13-8-9-22(11-13)18(23)15-6-4-5-7-16(15)24-3/h4-7,10,13H,8-9,11-12H2,1-3H3,(H,19,20)/t13-/m0/s1. The number of carbonyl (C=O) groups is 1. The smallest absolute Gasteiger partial charge is 0.257 e. The Kier molecular flexibility index (Phi) is 4.85. The van der Waals surface area contributed by atoms with Gasteiger partial charge in [0, 0.05) is 37.4 Å². The highest BCUT2D eigenvalue weighted by Gasteiger charge is 2.30. The molecule has 1 atom stereocenters. The largest absolute Gasteiger partial charge is 0.496 e. The van der Waals surface area contributed by atoms with Crippen molar-refractivity contribution in [3.63, 3.8) is 0 Å². The lowest BCUT2D eigenvalue weighted by atomic mass is 10.1. The van der Waals surface area contributed by atoms with Crippen LogP contribution in [0.25, 0.3) is 0 Å². The van der Waals surface area contributed by atoms with E-state index in [0.717, 1.165) is 31.0 Å². The molecule has 1 N–H and O–H groups in total. The van der Waals surface area contributed by atoms with E-state index in [2.05, 4.69) is 14.9 Å². The van der Waals surface area contributed by atoms with Gasteiger partial charge in [0.2, 0.25) is 0 Å². The van der Waals surface area contributed by atoms with Gasteiger partial charge in [-0.3, -0.25) is 4.79 Å². The molecular formula is C18H24N4O2. The third kappa shape index (κ3) is 3.43. The van der Waals surface area contributed by atoms with Crippen LogP contribution in [0.2, 0.25) is 0 Å². The van der Waals surface area contributed by atoms with Crippen molar-refractivity contribution < 1.29 is 9.53 Å². The number of methoxy groups -OCH3 is 1. The van der Waals surface area contributed by atoms with Gasteiger partial charge in [0.25, 0.3) is 5.91 Å². The van der Waals surface area contributed by atoms with Crippen LogP contribution in [0.15, 0.2) is 30.5 Å². The van der Waals surface area contributed by atoms with Gasteiger partial charge in [-0.25, -0.2) is 4.98 Å². The van der Waals surface area contributed by atoms with Crippen molar-refractivity contribution >= 4 is 5.91 Å². The molecule has 0 bridgehead atoms. The summed E-state index contributed by atoms with van der Waals surface area (Å²) >= 11 is 0. The first kappa shape index (κ1) is 16.5. The molecule has 2 aromatic rings. The normalized spacial score (nSPS) is 17.5. The monoisotopic (exact) mass is 328 g/mol. The van der Waals surface area contributed by atoms with Gasteiger partial charge < -0.3 is 19.5 Å². The fraction of sp³-hybridized carbons (Fsp3) is 0.444. The van der Waals surface area contributed by atoms with Crippen LogP contribution >= 0.6 is 0 Å². The van der Waals surface area contributed by atoms with E-state index in [1.807, 2.05) is 49.5 Å². The van der Waals surface area contributed by atoms with E-state index in [9.17, 15) is 4.79 Å². The summed E-state index contributed by atoms with van der Waals surface area (Å²) in [5.41, 5.74) is 1.72. The minimum atomic E-state index is 0.0232. The molecule has 128 valence electrons. The van der Waals surface area contributed by atoms with Crippen LogP contribution in [-0.4, -0.2) is 60.0 Å². The Balaban J connectivity index is 1.69. The highest BCUT2D eigenvalue weighted by atomic mass is 16.5. The molecule has 1 aromatic carbocycles. The number of carbonyl (C=O) groups excluding carboxylic acids is 1. The lowest BCUT2D eigenvalue weighted by molar-refractivity contribution is 0.0787. The zero-order valence-electron chi connectivity index (χ0n) is 14.5. The first-order valence-corrected chi connectivity index (χ1v) is 8.19. The summed E-state index contributed by atoms with van der Waals surface area (Å²) in [5.74, 6) is 1.88. The fourth-order valence-corrected chi connectivity index (χ4v) is 3.16. The Morgan fingerprint density at radius 1 is 1.42 bits per heavy atom. The summed E-state index contributed by atoms with van der Waals surface area (Å²) in [4.78, 5) is 24.6. The van der Waals surface area contributed by atoms with Crippen LogP contribution < -0.4 is 4.74 Å². The van der Waals surface area contributed by atoms with Crippen molar-refractivity contribution in [1.29, 1.82) is 0 Å². The number of benzene rings is 1. The quantitative estimate of drug-likeness (QED) is 0.913. The van der Waals surface area contributed by atoms with Crippen molar-refractivity contribution in [2.75, 3.05) is 34.3 Å². The number of imidazole rings is 1. The molecule has 0 unspecified atom stereocenters. The molecule has 1 amide bonds. The number of aromatic nitrogens is 2.